The molecule has 152 valence electrons. The maximum Gasteiger partial charge on any atom is 0.321 e. The molecule has 0 radical (unpaired) electrons. The number of unbranched alkanes of at least 4 members (excludes halogenated alkanes) is 1. The highest BCUT2D eigenvalue weighted by atomic mass is 32.2. The fourth-order valence-corrected chi connectivity index (χ4v) is 3.82. The molecule has 0 atom stereocenters. The zero-order chi connectivity index (χ0) is 20.6. The van der Waals surface area contributed by atoms with Gasteiger partial charge in [-0.3, -0.25) is 4.72 Å². The summed E-state index contributed by atoms with van der Waals surface area (Å²) in [7, 11) is -3.69. The van der Waals surface area contributed by atoms with Gasteiger partial charge in [-0.05, 0) is 68.7 Å². The number of amides is 2. The Morgan fingerprint density at radius 2 is 1.46 bits per heavy atom. The number of urea groups is 1. The van der Waals surface area contributed by atoms with Crippen molar-refractivity contribution in [3.63, 3.8) is 0 Å². The summed E-state index contributed by atoms with van der Waals surface area (Å²) in [5.41, 5.74) is 2.27. The van der Waals surface area contributed by atoms with Gasteiger partial charge in [0.1, 0.15) is 0 Å². The van der Waals surface area contributed by atoms with Gasteiger partial charge in [0.05, 0.1) is 4.90 Å². The summed E-state index contributed by atoms with van der Waals surface area (Å²) in [6, 6.07) is 13.4. The van der Waals surface area contributed by atoms with Gasteiger partial charge in [-0.1, -0.05) is 25.5 Å². The Labute approximate surface area is 168 Å². The van der Waals surface area contributed by atoms with E-state index in [1.165, 1.54) is 17.7 Å². The van der Waals surface area contributed by atoms with Crippen molar-refractivity contribution < 1.29 is 13.2 Å². The summed E-state index contributed by atoms with van der Waals surface area (Å²) in [5, 5.41) is 2.77. The molecule has 0 fully saturated rings. The van der Waals surface area contributed by atoms with Crippen LogP contribution in [-0.4, -0.2) is 32.4 Å². The molecule has 0 aliphatic carbocycles. The molecule has 0 aromatic heterocycles. The van der Waals surface area contributed by atoms with E-state index in [9.17, 15) is 13.2 Å². The summed E-state index contributed by atoms with van der Waals surface area (Å²) < 4.78 is 27.8. The second kappa shape index (κ2) is 10.1. The molecule has 2 aromatic carbocycles. The lowest BCUT2D eigenvalue weighted by molar-refractivity contribution is 0.217. The molecule has 0 aliphatic rings. The first-order valence-corrected chi connectivity index (χ1v) is 11.2. The summed E-state index contributed by atoms with van der Waals surface area (Å²) >= 11 is 0. The molecule has 28 heavy (non-hydrogen) atoms. The maximum atomic E-state index is 12.6. The minimum Gasteiger partial charge on any atom is -0.325 e. The van der Waals surface area contributed by atoms with Gasteiger partial charge in [0.25, 0.3) is 10.0 Å². The molecular formula is C21H29N3O3S. The van der Waals surface area contributed by atoms with Gasteiger partial charge in [0.2, 0.25) is 0 Å². The number of hydrogen-bond acceptors (Lipinski definition) is 3. The first-order chi connectivity index (χ1) is 13.4. The minimum absolute atomic E-state index is 0.142. The van der Waals surface area contributed by atoms with Crippen LogP contribution in [0.4, 0.5) is 16.2 Å². The average Bonchev–Trinajstić information content (AvgIpc) is 2.68. The molecule has 6 nitrogen and oxygen atoms in total. The highest BCUT2D eigenvalue weighted by molar-refractivity contribution is 7.92. The summed E-state index contributed by atoms with van der Waals surface area (Å²) in [6.07, 6.45) is 3.23. The lowest BCUT2D eigenvalue weighted by Crippen LogP contribution is -2.34. The monoisotopic (exact) mass is 403 g/mol. The fourth-order valence-electron chi connectivity index (χ4n) is 2.77. The van der Waals surface area contributed by atoms with Crippen molar-refractivity contribution in [3.8, 4) is 0 Å². The van der Waals surface area contributed by atoms with Crippen LogP contribution in [0.1, 0.15) is 39.2 Å². The van der Waals surface area contributed by atoms with Gasteiger partial charge in [-0.2, -0.15) is 0 Å². The van der Waals surface area contributed by atoms with Crippen molar-refractivity contribution in [3.05, 3.63) is 54.1 Å². The predicted octanol–water partition coefficient (Wildman–Crippen LogP) is 4.70. The number of benzene rings is 2. The molecular weight excluding hydrogens is 374 g/mol. The number of nitrogens with one attached hydrogen (secondary N) is 2. The minimum atomic E-state index is -3.69. The number of nitrogens with zero attached hydrogens (tertiary/aromatic N) is 1. The largest absolute Gasteiger partial charge is 0.325 e. The molecule has 2 amide bonds. The van der Waals surface area contributed by atoms with Crippen molar-refractivity contribution in [1.82, 2.24) is 4.90 Å². The molecule has 2 aromatic rings. The van der Waals surface area contributed by atoms with Crippen LogP contribution in [0.25, 0.3) is 0 Å². The molecule has 0 aliphatic heterocycles. The first-order valence-electron chi connectivity index (χ1n) is 9.67. The van der Waals surface area contributed by atoms with E-state index in [1.54, 1.807) is 29.2 Å². The van der Waals surface area contributed by atoms with E-state index in [2.05, 4.69) is 17.0 Å². The first kappa shape index (κ1) is 21.8. The molecule has 0 unspecified atom stereocenters. The van der Waals surface area contributed by atoms with Crippen molar-refractivity contribution in [2.24, 2.45) is 0 Å². The summed E-state index contributed by atoms with van der Waals surface area (Å²) in [5.74, 6) is 0. The van der Waals surface area contributed by atoms with Crippen LogP contribution in [0, 0.1) is 0 Å². The van der Waals surface area contributed by atoms with E-state index in [4.69, 9.17) is 0 Å². The molecule has 0 spiro atoms. The smallest absolute Gasteiger partial charge is 0.321 e. The van der Waals surface area contributed by atoms with Crippen LogP contribution in [0.15, 0.2) is 53.4 Å². The molecule has 0 heterocycles. The molecule has 2 N–H and O–H groups in total. The number of anilines is 2. The lowest BCUT2D eigenvalue weighted by atomic mass is 10.1. The number of hydrogen-bond donors (Lipinski definition) is 2. The second-order valence-electron chi connectivity index (χ2n) is 6.53. The molecule has 0 bridgehead atoms. The highest BCUT2D eigenvalue weighted by Gasteiger charge is 2.15. The Kier molecular flexibility index (Phi) is 7.87. The zero-order valence-electron chi connectivity index (χ0n) is 16.7. The van der Waals surface area contributed by atoms with E-state index in [0.29, 0.717) is 24.5 Å². The SMILES string of the molecule is CCCCc1ccc(NS(=O)(=O)c2ccc(NC(=O)N(CC)CC)cc2)cc1. The van der Waals surface area contributed by atoms with Crippen LogP contribution in [0.5, 0.6) is 0 Å². The van der Waals surface area contributed by atoms with Crippen LogP contribution < -0.4 is 10.0 Å². The lowest BCUT2D eigenvalue weighted by Gasteiger charge is -2.19. The molecule has 0 saturated heterocycles. The van der Waals surface area contributed by atoms with Crippen molar-refractivity contribution in [2.75, 3.05) is 23.1 Å². The Balaban J connectivity index is 2.04. The van der Waals surface area contributed by atoms with E-state index in [-0.39, 0.29) is 10.9 Å². The van der Waals surface area contributed by atoms with E-state index < -0.39 is 10.0 Å². The van der Waals surface area contributed by atoms with Gasteiger partial charge in [-0.25, -0.2) is 13.2 Å². The quantitative estimate of drug-likeness (QED) is 0.637. The fraction of sp³-hybridized carbons (Fsp3) is 0.381. The number of sulfonamides is 1. The topological polar surface area (TPSA) is 78.5 Å². The third kappa shape index (κ3) is 5.99. The number of aryl methyl sites for hydroxylation is 1. The van der Waals surface area contributed by atoms with Gasteiger partial charge in [0, 0.05) is 24.5 Å². The number of rotatable bonds is 9. The molecule has 2 rings (SSSR count). The number of carbonyl (C=O) groups excluding carboxylic acids is 1. The molecule has 7 heteroatoms. The normalized spacial score (nSPS) is 11.1. The average molecular weight is 404 g/mol. The summed E-state index contributed by atoms with van der Waals surface area (Å²) in [6.45, 7) is 7.16. The number of carbonyl (C=O) groups is 1. The Bertz CT molecular complexity index is 859. The van der Waals surface area contributed by atoms with Gasteiger partial charge >= 0.3 is 6.03 Å². The highest BCUT2D eigenvalue weighted by Crippen LogP contribution is 2.19. The Morgan fingerprint density at radius 1 is 0.893 bits per heavy atom. The van der Waals surface area contributed by atoms with Gasteiger partial charge in [0.15, 0.2) is 0 Å². The second-order valence-corrected chi connectivity index (χ2v) is 8.22. The van der Waals surface area contributed by atoms with Crippen molar-refractivity contribution >= 4 is 27.4 Å². The van der Waals surface area contributed by atoms with Gasteiger partial charge in [-0.15, -0.1) is 0 Å². The predicted molar refractivity (Wildman–Crippen MR) is 114 cm³/mol. The third-order valence-electron chi connectivity index (χ3n) is 4.49. The Morgan fingerprint density at radius 3 is 2.00 bits per heavy atom. The van der Waals surface area contributed by atoms with E-state index in [0.717, 1.165) is 19.3 Å². The standard InChI is InChI=1S/C21H29N3O3S/c1-4-7-8-17-9-11-19(12-10-17)23-28(26,27)20-15-13-18(14-16-20)22-21(25)24(5-2)6-3/h9-16,23H,4-8H2,1-3H3,(H,22,25). The Hall–Kier alpha value is -2.54. The summed E-state index contributed by atoms with van der Waals surface area (Å²) in [4.78, 5) is 13.9. The van der Waals surface area contributed by atoms with Crippen molar-refractivity contribution in [2.45, 2.75) is 44.9 Å². The van der Waals surface area contributed by atoms with Crippen LogP contribution in [-0.2, 0) is 16.4 Å². The van der Waals surface area contributed by atoms with Gasteiger partial charge < -0.3 is 10.2 Å². The zero-order valence-corrected chi connectivity index (χ0v) is 17.6. The molecule has 0 saturated carbocycles. The van der Waals surface area contributed by atoms with Crippen LogP contribution in [0.2, 0.25) is 0 Å². The third-order valence-corrected chi connectivity index (χ3v) is 5.89. The van der Waals surface area contributed by atoms with Crippen LogP contribution >= 0.6 is 0 Å². The maximum absolute atomic E-state index is 12.6. The van der Waals surface area contributed by atoms with Crippen LogP contribution in [0.3, 0.4) is 0 Å². The van der Waals surface area contributed by atoms with E-state index >= 15 is 0 Å². The van der Waals surface area contributed by atoms with Crippen molar-refractivity contribution in [1.29, 1.82) is 0 Å². The van der Waals surface area contributed by atoms with E-state index in [1.807, 2.05) is 26.0 Å².